The first kappa shape index (κ1) is 19.1. The van der Waals surface area contributed by atoms with Gasteiger partial charge in [0.2, 0.25) is 15.9 Å². The molecule has 1 aromatic carbocycles. The van der Waals surface area contributed by atoms with Crippen LogP contribution in [0.4, 0.5) is 0 Å². The predicted molar refractivity (Wildman–Crippen MR) is 92.7 cm³/mol. The molecule has 1 atom stereocenters. The Labute approximate surface area is 138 Å². The van der Waals surface area contributed by atoms with Crippen molar-refractivity contribution in [1.29, 1.82) is 0 Å². The first-order valence-electron chi connectivity index (χ1n) is 7.33. The lowest BCUT2D eigenvalue weighted by atomic mass is 10.1. The second-order valence-corrected chi connectivity index (χ2v) is 7.12. The van der Waals surface area contributed by atoms with E-state index >= 15 is 0 Å². The van der Waals surface area contributed by atoms with Crippen LogP contribution in [0.1, 0.15) is 18.1 Å². The van der Waals surface area contributed by atoms with Crippen LogP contribution < -0.4 is 4.72 Å². The van der Waals surface area contributed by atoms with E-state index in [1.165, 1.54) is 17.9 Å². The third-order valence-corrected chi connectivity index (χ3v) is 5.04. The molecule has 0 aromatic heterocycles. The molecule has 0 aliphatic heterocycles. The third kappa shape index (κ3) is 5.04. The van der Waals surface area contributed by atoms with Crippen LogP contribution in [0.15, 0.2) is 48.4 Å². The summed E-state index contributed by atoms with van der Waals surface area (Å²) in [6, 6.07) is 4.01. The highest BCUT2D eigenvalue weighted by Gasteiger charge is 2.25. The van der Waals surface area contributed by atoms with Gasteiger partial charge >= 0.3 is 0 Å². The molecular weight excluding hydrogens is 312 g/mol. The summed E-state index contributed by atoms with van der Waals surface area (Å²) < 4.78 is 27.3. The van der Waals surface area contributed by atoms with Gasteiger partial charge in [-0.2, -0.15) is 4.72 Å². The Bertz CT molecular complexity index is 686. The van der Waals surface area contributed by atoms with Crippen LogP contribution in [0.25, 0.3) is 0 Å². The number of sulfonamides is 1. The average molecular weight is 336 g/mol. The first-order valence-corrected chi connectivity index (χ1v) is 8.81. The minimum absolute atomic E-state index is 0.152. The van der Waals surface area contributed by atoms with E-state index < -0.39 is 16.1 Å². The fraction of sp³-hybridized carbons (Fsp3) is 0.353. The lowest BCUT2D eigenvalue weighted by Gasteiger charge is -2.23. The van der Waals surface area contributed by atoms with Crippen molar-refractivity contribution in [2.24, 2.45) is 0 Å². The molecule has 0 bridgehead atoms. The molecule has 0 heterocycles. The van der Waals surface area contributed by atoms with Crippen molar-refractivity contribution in [3.8, 4) is 0 Å². The Morgan fingerprint density at radius 1 is 1.22 bits per heavy atom. The second-order valence-electron chi connectivity index (χ2n) is 5.41. The summed E-state index contributed by atoms with van der Waals surface area (Å²) in [6.07, 6.45) is 3.18. The highest BCUT2D eigenvalue weighted by Crippen LogP contribution is 2.15. The number of nitrogens with zero attached hydrogens (tertiary/aromatic N) is 1. The second kappa shape index (κ2) is 8.08. The van der Waals surface area contributed by atoms with Crippen LogP contribution in [0.2, 0.25) is 0 Å². The molecule has 0 saturated carbocycles. The quantitative estimate of drug-likeness (QED) is 0.740. The molecule has 1 rings (SSSR count). The smallest absolute Gasteiger partial charge is 0.241 e. The highest BCUT2D eigenvalue weighted by atomic mass is 32.2. The summed E-state index contributed by atoms with van der Waals surface area (Å²) >= 11 is 0. The van der Waals surface area contributed by atoms with Gasteiger partial charge < -0.3 is 4.90 Å². The molecule has 0 fully saturated rings. The zero-order chi connectivity index (χ0) is 17.6. The van der Waals surface area contributed by atoms with Crippen molar-refractivity contribution in [1.82, 2.24) is 9.62 Å². The van der Waals surface area contributed by atoms with E-state index in [0.29, 0.717) is 13.1 Å². The fourth-order valence-corrected chi connectivity index (χ4v) is 3.35. The van der Waals surface area contributed by atoms with Gasteiger partial charge in [0.15, 0.2) is 0 Å². The van der Waals surface area contributed by atoms with Gasteiger partial charge in [0.25, 0.3) is 0 Å². The molecule has 0 saturated heterocycles. The molecule has 5 nitrogen and oxygen atoms in total. The van der Waals surface area contributed by atoms with Gasteiger partial charge in [-0.25, -0.2) is 8.42 Å². The lowest BCUT2D eigenvalue weighted by Crippen LogP contribution is -2.47. The molecule has 1 amide bonds. The molecule has 0 spiro atoms. The number of aryl methyl sites for hydroxylation is 2. The van der Waals surface area contributed by atoms with Crippen molar-refractivity contribution >= 4 is 15.9 Å². The number of hydrogen-bond donors (Lipinski definition) is 1. The Morgan fingerprint density at radius 2 is 1.78 bits per heavy atom. The number of amides is 1. The van der Waals surface area contributed by atoms with Crippen LogP contribution in [-0.4, -0.2) is 38.4 Å². The number of carbonyl (C=O) groups is 1. The maximum absolute atomic E-state index is 12.4. The summed E-state index contributed by atoms with van der Waals surface area (Å²) in [7, 11) is -3.76. The maximum atomic E-state index is 12.4. The van der Waals surface area contributed by atoms with Crippen molar-refractivity contribution < 1.29 is 13.2 Å². The number of carbonyl (C=O) groups excluding carboxylic acids is 1. The largest absolute Gasteiger partial charge is 0.334 e. The van der Waals surface area contributed by atoms with Gasteiger partial charge in [0.05, 0.1) is 10.9 Å². The number of hydrogen-bond acceptors (Lipinski definition) is 3. The van der Waals surface area contributed by atoms with Gasteiger partial charge in [-0.1, -0.05) is 18.2 Å². The van der Waals surface area contributed by atoms with E-state index in [1.54, 1.807) is 24.3 Å². The van der Waals surface area contributed by atoms with E-state index in [-0.39, 0.29) is 10.8 Å². The maximum Gasteiger partial charge on any atom is 0.241 e. The monoisotopic (exact) mass is 336 g/mol. The molecule has 0 radical (unpaired) electrons. The number of benzene rings is 1. The Morgan fingerprint density at radius 3 is 2.26 bits per heavy atom. The van der Waals surface area contributed by atoms with Crippen molar-refractivity contribution in [2.75, 3.05) is 13.1 Å². The minimum atomic E-state index is -3.76. The van der Waals surface area contributed by atoms with Crippen LogP contribution in [-0.2, 0) is 14.8 Å². The summed E-state index contributed by atoms with van der Waals surface area (Å²) in [5.74, 6) is -0.322. The Hall–Kier alpha value is -1.92. The first-order chi connectivity index (χ1) is 10.7. The molecule has 23 heavy (non-hydrogen) atoms. The average Bonchev–Trinajstić information content (AvgIpc) is 2.48. The molecule has 1 unspecified atom stereocenters. The van der Waals surface area contributed by atoms with Crippen molar-refractivity contribution in [3.63, 3.8) is 0 Å². The summed E-state index contributed by atoms with van der Waals surface area (Å²) in [6.45, 7) is 13.1. The van der Waals surface area contributed by atoms with Crippen LogP contribution >= 0.6 is 0 Å². The predicted octanol–water partition coefficient (Wildman–Crippen LogP) is 2.17. The van der Waals surface area contributed by atoms with Crippen molar-refractivity contribution in [2.45, 2.75) is 31.7 Å². The molecular formula is C17H24N2O3S. The number of rotatable bonds is 8. The van der Waals surface area contributed by atoms with Gasteiger partial charge in [0.1, 0.15) is 0 Å². The normalized spacial score (nSPS) is 12.5. The lowest BCUT2D eigenvalue weighted by molar-refractivity contribution is -0.131. The summed E-state index contributed by atoms with van der Waals surface area (Å²) in [5.41, 5.74) is 1.89. The minimum Gasteiger partial charge on any atom is -0.334 e. The van der Waals surface area contributed by atoms with E-state index in [2.05, 4.69) is 17.9 Å². The molecule has 0 aliphatic carbocycles. The zero-order valence-electron chi connectivity index (χ0n) is 13.9. The van der Waals surface area contributed by atoms with Gasteiger partial charge in [0, 0.05) is 13.1 Å². The third-order valence-electron chi connectivity index (χ3n) is 3.50. The molecule has 0 aliphatic rings. The van der Waals surface area contributed by atoms with E-state index in [9.17, 15) is 13.2 Å². The number of nitrogens with one attached hydrogen (secondary N) is 1. The summed E-state index contributed by atoms with van der Waals surface area (Å²) in [5, 5.41) is 0. The highest BCUT2D eigenvalue weighted by molar-refractivity contribution is 7.89. The van der Waals surface area contributed by atoms with Gasteiger partial charge in [-0.3, -0.25) is 4.79 Å². The molecule has 1 N–H and O–H groups in total. The van der Waals surface area contributed by atoms with E-state index in [4.69, 9.17) is 0 Å². The van der Waals surface area contributed by atoms with E-state index in [0.717, 1.165) is 11.1 Å². The fourth-order valence-electron chi connectivity index (χ4n) is 2.07. The van der Waals surface area contributed by atoms with Crippen LogP contribution in [0, 0.1) is 13.8 Å². The van der Waals surface area contributed by atoms with Gasteiger partial charge in [-0.15, -0.1) is 13.2 Å². The molecule has 126 valence electrons. The van der Waals surface area contributed by atoms with Crippen molar-refractivity contribution in [3.05, 3.63) is 54.6 Å². The Balaban J connectivity index is 2.94. The van der Waals surface area contributed by atoms with Gasteiger partial charge in [-0.05, 0) is 44.0 Å². The standard InChI is InChI=1S/C17H24N2O3S/c1-6-10-19(11-7-2)17(20)15(5)18-23(21,22)16-9-8-13(3)14(4)12-16/h6-9,12,15,18H,1-2,10-11H2,3-5H3. The topological polar surface area (TPSA) is 66.5 Å². The summed E-state index contributed by atoms with van der Waals surface area (Å²) in [4.78, 5) is 14.0. The van der Waals surface area contributed by atoms with E-state index in [1.807, 2.05) is 13.8 Å². The zero-order valence-corrected chi connectivity index (χ0v) is 14.7. The molecule has 6 heteroatoms. The Kier molecular flexibility index (Phi) is 6.72. The molecule has 1 aromatic rings. The van der Waals surface area contributed by atoms with Crippen LogP contribution in [0.3, 0.4) is 0 Å². The SMILES string of the molecule is C=CCN(CC=C)C(=O)C(C)NS(=O)(=O)c1ccc(C)c(C)c1. The van der Waals surface area contributed by atoms with Crippen LogP contribution in [0.5, 0.6) is 0 Å².